The molecule has 7 heteroatoms. The molecular formula is C8H4BrF3INO. The summed E-state index contributed by atoms with van der Waals surface area (Å²) in [7, 11) is 0. The van der Waals surface area contributed by atoms with Crippen LogP contribution in [0.25, 0.3) is 0 Å². The van der Waals surface area contributed by atoms with Gasteiger partial charge in [-0.15, -0.1) is 0 Å². The van der Waals surface area contributed by atoms with Crippen LogP contribution in [0.4, 0.5) is 18.9 Å². The second kappa shape index (κ2) is 4.69. The first kappa shape index (κ1) is 12.8. The van der Waals surface area contributed by atoms with Crippen LogP contribution >= 0.6 is 38.5 Å². The molecule has 0 aromatic heterocycles. The first-order valence-electron chi connectivity index (χ1n) is 3.64. The van der Waals surface area contributed by atoms with Crippen molar-refractivity contribution in [2.45, 2.75) is 6.18 Å². The molecule has 0 fully saturated rings. The van der Waals surface area contributed by atoms with E-state index in [2.05, 4.69) is 15.9 Å². The number of halogens is 5. The van der Waals surface area contributed by atoms with Gasteiger partial charge in [-0.05, 0) is 40.8 Å². The molecule has 1 amide bonds. The number of hydrogen-bond donors (Lipinski definition) is 1. The Labute approximate surface area is 105 Å². The molecule has 0 saturated carbocycles. The zero-order chi connectivity index (χ0) is 11.6. The predicted octanol–water partition coefficient (Wildman–Crippen LogP) is 3.55. The summed E-state index contributed by atoms with van der Waals surface area (Å²) >= 11 is 4.94. The Morgan fingerprint density at radius 3 is 2.53 bits per heavy atom. The minimum Gasteiger partial charge on any atom is -0.317 e. The third-order valence-corrected chi connectivity index (χ3v) is 2.87. The fourth-order valence-corrected chi connectivity index (χ4v) is 1.62. The molecular weight excluding hydrogens is 390 g/mol. The quantitative estimate of drug-likeness (QED) is 0.726. The molecule has 15 heavy (non-hydrogen) atoms. The number of alkyl halides is 3. The molecule has 0 aliphatic carbocycles. The molecule has 1 aromatic rings. The number of carbonyl (C=O) groups excluding carboxylic acids is 1. The van der Waals surface area contributed by atoms with Gasteiger partial charge in [0, 0.05) is 8.04 Å². The Morgan fingerprint density at radius 1 is 1.40 bits per heavy atom. The number of rotatable bonds is 1. The van der Waals surface area contributed by atoms with Crippen LogP contribution in [0.2, 0.25) is 0 Å². The summed E-state index contributed by atoms with van der Waals surface area (Å²) in [5, 5.41) is 1.79. The van der Waals surface area contributed by atoms with Crippen LogP contribution in [0.3, 0.4) is 0 Å². The fourth-order valence-electron chi connectivity index (χ4n) is 0.786. The summed E-state index contributed by atoms with van der Waals surface area (Å²) in [5.74, 6) is -1.97. The molecule has 0 spiro atoms. The van der Waals surface area contributed by atoms with Crippen molar-refractivity contribution in [2.75, 3.05) is 5.32 Å². The molecule has 0 saturated heterocycles. The third kappa shape index (κ3) is 3.63. The van der Waals surface area contributed by atoms with Gasteiger partial charge in [-0.3, -0.25) is 4.79 Å². The van der Waals surface area contributed by atoms with Crippen LogP contribution in [0.15, 0.2) is 22.7 Å². The minimum absolute atomic E-state index is 0.132. The van der Waals surface area contributed by atoms with Gasteiger partial charge in [0.1, 0.15) is 0 Å². The third-order valence-electron chi connectivity index (χ3n) is 1.43. The summed E-state index contributed by atoms with van der Waals surface area (Å²) in [6, 6.07) is 4.67. The van der Waals surface area contributed by atoms with E-state index >= 15 is 0 Å². The van der Waals surface area contributed by atoms with Crippen molar-refractivity contribution in [3.63, 3.8) is 0 Å². The van der Waals surface area contributed by atoms with Crippen LogP contribution in [0.1, 0.15) is 0 Å². The van der Waals surface area contributed by atoms with Gasteiger partial charge in [0.05, 0.1) is 5.69 Å². The Hall–Kier alpha value is -0.310. The topological polar surface area (TPSA) is 29.1 Å². The van der Waals surface area contributed by atoms with E-state index in [-0.39, 0.29) is 5.69 Å². The molecule has 1 rings (SSSR count). The van der Waals surface area contributed by atoms with Crippen LogP contribution in [-0.4, -0.2) is 12.1 Å². The van der Waals surface area contributed by atoms with Crippen LogP contribution in [-0.2, 0) is 4.79 Å². The van der Waals surface area contributed by atoms with Crippen molar-refractivity contribution in [2.24, 2.45) is 0 Å². The molecule has 0 bridgehead atoms. The van der Waals surface area contributed by atoms with E-state index in [0.717, 1.165) is 0 Å². The summed E-state index contributed by atoms with van der Waals surface area (Å²) in [6.45, 7) is 0. The maximum Gasteiger partial charge on any atom is 0.471 e. The van der Waals surface area contributed by atoms with Gasteiger partial charge in [-0.2, -0.15) is 13.2 Å². The van der Waals surface area contributed by atoms with E-state index in [1.54, 1.807) is 17.4 Å². The molecule has 0 heterocycles. The van der Waals surface area contributed by atoms with Crippen molar-refractivity contribution >= 4 is 50.1 Å². The number of nitrogens with one attached hydrogen (secondary N) is 1. The fraction of sp³-hybridized carbons (Fsp3) is 0.125. The number of benzene rings is 1. The van der Waals surface area contributed by atoms with E-state index in [1.165, 1.54) is 6.07 Å². The van der Waals surface area contributed by atoms with Gasteiger partial charge in [0.15, 0.2) is 0 Å². The highest BCUT2D eigenvalue weighted by atomic mass is 127. The van der Waals surface area contributed by atoms with Crippen LogP contribution in [0.5, 0.6) is 0 Å². The molecule has 0 unspecified atom stereocenters. The number of anilines is 1. The van der Waals surface area contributed by atoms with Gasteiger partial charge in [0.25, 0.3) is 0 Å². The Balaban J connectivity index is 2.90. The Bertz CT molecular complexity index is 394. The second-order valence-electron chi connectivity index (χ2n) is 2.58. The van der Waals surface area contributed by atoms with Gasteiger partial charge in [-0.25, -0.2) is 0 Å². The number of hydrogen-bond acceptors (Lipinski definition) is 1. The average Bonchev–Trinajstić information content (AvgIpc) is 2.09. The van der Waals surface area contributed by atoms with E-state index in [1.807, 2.05) is 22.6 Å². The molecule has 0 aliphatic heterocycles. The molecule has 1 aromatic carbocycles. The van der Waals surface area contributed by atoms with Crippen LogP contribution < -0.4 is 5.32 Å². The zero-order valence-electron chi connectivity index (χ0n) is 7.03. The highest BCUT2D eigenvalue weighted by molar-refractivity contribution is 14.1. The van der Waals surface area contributed by atoms with E-state index < -0.39 is 12.1 Å². The Morgan fingerprint density at radius 2 is 2.00 bits per heavy atom. The van der Waals surface area contributed by atoms with Crippen molar-refractivity contribution in [3.05, 3.63) is 26.2 Å². The van der Waals surface area contributed by atoms with E-state index in [0.29, 0.717) is 8.04 Å². The van der Waals surface area contributed by atoms with Gasteiger partial charge in [0.2, 0.25) is 0 Å². The van der Waals surface area contributed by atoms with Gasteiger partial charge >= 0.3 is 12.1 Å². The zero-order valence-corrected chi connectivity index (χ0v) is 10.8. The molecule has 0 aliphatic rings. The first-order chi connectivity index (χ1) is 6.80. The summed E-state index contributed by atoms with van der Waals surface area (Å²) in [6.07, 6.45) is -4.87. The predicted molar refractivity (Wildman–Crippen MR) is 61.5 cm³/mol. The van der Waals surface area contributed by atoms with Crippen molar-refractivity contribution in [1.29, 1.82) is 0 Å². The molecule has 0 atom stereocenters. The maximum atomic E-state index is 11.9. The van der Waals surface area contributed by atoms with Crippen molar-refractivity contribution < 1.29 is 18.0 Å². The smallest absolute Gasteiger partial charge is 0.317 e. The molecule has 1 N–H and O–H groups in total. The highest BCUT2D eigenvalue weighted by Gasteiger charge is 2.38. The lowest BCUT2D eigenvalue weighted by molar-refractivity contribution is -0.167. The standard InChI is InChI=1S/C8H4BrF3INO/c9-4-1-2-5(13)6(3-4)14-7(15)8(10,11)12/h1-3H,(H,14,15). The van der Waals surface area contributed by atoms with Crippen LogP contribution in [0, 0.1) is 3.57 Å². The maximum absolute atomic E-state index is 11.9. The molecule has 2 nitrogen and oxygen atoms in total. The molecule has 82 valence electrons. The van der Waals surface area contributed by atoms with Gasteiger partial charge in [-0.1, -0.05) is 15.9 Å². The second-order valence-corrected chi connectivity index (χ2v) is 4.65. The minimum atomic E-state index is -4.87. The average molecular weight is 394 g/mol. The molecule has 0 radical (unpaired) electrons. The summed E-state index contributed by atoms with van der Waals surface area (Å²) in [4.78, 5) is 10.6. The Kier molecular flexibility index (Phi) is 3.99. The lowest BCUT2D eigenvalue weighted by atomic mass is 10.3. The van der Waals surface area contributed by atoms with Crippen molar-refractivity contribution in [3.8, 4) is 0 Å². The van der Waals surface area contributed by atoms with Gasteiger partial charge < -0.3 is 5.32 Å². The normalized spacial score (nSPS) is 11.3. The highest BCUT2D eigenvalue weighted by Crippen LogP contribution is 2.25. The monoisotopic (exact) mass is 393 g/mol. The lowest BCUT2D eigenvalue weighted by Gasteiger charge is -2.09. The lowest BCUT2D eigenvalue weighted by Crippen LogP contribution is -2.30. The largest absolute Gasteiger partial charge is 0.471 e. The first-order valence-corrected chi connectivity index (χ1v) is 5.51. The van der Waals surface area contributed by atoms with Crippen molar-refractivity contribution in [1.82, 2.24) is 0 Å². The van der Waals surface area contributed by atoms with E-state index in [9.17, 15) is 18.0 Å². The number of amides is 1. The van der Waals surface area contributed by atoms with E-state index in [4.69, 9.17) is 0 Å². The number of carbonyl (C=O) groups is 1. The summed E-state index contributed by atoms with van der Waals surface area (Å²) in [5.41, 5.74) is 0.132. The SMILES string of the molecule is O=C(Nc1cc(Br)ccc1I)C(F)(F)F. The summed E-state index contributed by atoms with van der Waals surface area (Å²) < 4.78 is 37.0.